The normalized spacial score (nSPS) is 24.7. The Morgan fingerprint density at radius 1 is 1.16 bits per heavy atom. The SMILES string of the molecule is CS(=O)(=O)C1(CN=C(N)N2CCCCCC2)CCC1. The highest BCUT2D eigenvalue weighted by atomic mass is 32.2. The van der Waals surface area contributed by atoms with E-state index in [1.54, 1.807) is 0 Å². The highest BCUT2D eigenvalue weighted by Crippen LogP contribution is 2.39. The van der Waals surface area contributed by atoms with E-state index in [0.29, 0.717) is 12.5 Å². The molecule has 1 aliphatic carbocycles. The number of hydrogen-bond acceptors (Lipinski definition) is 3. The van der Waals surface area contributed by atoms with Crippen LogP contribution in [0.15, 0.2) is 4.99 Å². The predicted molar refractivity (Wildman–Crippen MR) is 78.0 cm³/mol. The molecule has 1 saturated carbocycles. The summed E-state index contributed by atoms with van der Waals surface area (Å²) in [7, 11) is -3.04. The molecular weight excluding hydrogens is 262 g/mol. The van der Waals surface area contributed by atoms with Gasteiger partial charge in [0.25, 0.3) is 0 Å². The smallest absolute Gasteiger partial charge is 0.191 e. The molecule has 0 spiro atoms. The topological polar surface area (TPSA) is 75.8 Å². The standard InChI is InChI=1S/C13H25N3O2S/c1-19(17,18)13(7-6-8-13)11-15-12(14)16-9-4-2-3-5-10-16/h2-11H2,1H3,(H2,14,15). The van der Waals surface area contributed by atoms with Crippen LogP contribution >= 0.6 is 0 Å². The van der Waals surface area contributed by atoms with E-state index in [4.69, 9.17) is 5.73 Å². The average molecular weight is 287 g/mol. The van der Waals surface area contributed by atoms with E-state index in [1.165, 1.54) is 19.1 Å². The molecule has 0 aromatic heterocycles. The van der Waals surface area contributed by atoms with E-state index in [1.807, 2.05) is 0 Å². The number of nitrogens with zero attached hydrogens (tertiary/aromatic N) is 2. The Bertz CT molecular complexity index is 433. The zero-order valence-corrected chi connectivity index (χ0v) is 12.6. The van der Waals surface area contributed by atoms with Crippen molar-refractivity contribution in [2.75, 3.05) is 25.9 Å². The lowest BCUT2D eigenvalue weighted by Gasteiger charge is -2.38. The molecule has 0 atom stereocenters. The second kappa shape index (κ2) is 5.69. The third kappa shape index (κ3) is 3.22. The van der Waals surface area contributed by atoms with Gasteiger partial charge in [0.1, 0.15) is 0 Å². The molecule has 0 bridgehead atoms. The lowest BCUT2D eigenvalue weighted by atomic mass is 9.84. The van der Waals surface area contributed by atoms with Crippen molar-refractivity contribution < 1.29 is 8.42 Å². The minimum Gasteiger partial charge on any atom is -0.370 e. The zero-order chi connectivity index (χ0) is 13.9. The quantitative estimate of drug-likeness (QED) is 0.624. The Morgan fingerprint density at radius 2 is 1.74 bits per heavy atom. The molecule has 1 heterocycles. The summed E-state index contributed by atoms with van der Waals surface area (Å²) < 4.78 is 23.1. The number of rotatable bonds is 3. The van der Waals surface area contributed by atoms with Gasteiger partial charge in [0.05, 0.1) is 11.3 Å². The molecule has 110 valence electrons. The minimum atomic E-state index is -3.04. The van der Waals surface area contributed by atoms with E-state index in [9.17, 15) is 8.42 Å². The van der Waals surface area contributed by atoms with Crippen molar-refractivity contribution in [2.24, 2.45) is 10.7 Å². The summed E-state index contributed by atoms with van der Waals surface area (Å²) in [4.78, 5) is 6.49. The minimum absolute atomic E-state index is 0.328. The number of likely N-dealkylation sites (tertiary alicyclic amines) is 1. The Labute approximate surface area is 116 Å². The van der Waals surface area contributed by atoms with Crippen LogP contribution in [0.25, 0.3) is 0 Å². The monoisotopic (exact) mass is 287 g/mol. The van der Waals surface area contributed by atoms with Crippen LogP contribution in [0.3, 0.4) is 0 Å². The molecule has 0 amide bonds. The van der Waals surface area contributed by atoms with Crippen molar-refractivity contribution >= 4 is 15.8 Å². The van der Waals surface area contributed by atoms with Gasteiger partial charge >= 0.3 is 0 Å². The summed E-state index contributed by atoms with van der Waals surface area (Å²) in [5.41, 5.74) is 6.03. The molecule has 2 fully saturated rings. The highest BCUT2D eigenvalue weighted by Gasteiger charge is 2.46. The van der Waals surface area contributed by atoms with Gasteiger partial charge in [-0.25, -0.2) is 8.42 Å². The van der Waals surface area contributed by atoms with Gasteiger partial charge in [-0.1, -0.05) is 19.3 Å². The van der Waals surface area contributed by atoms with Gasteiger partial charge in [-0.2, -0.15) is 0 Å². The summed E-state index contributed by atoms with van der Waals surface area (Å²) in [6.45, 7) is 2.22. The first-order valence-corrected chi connectivity index (χ1v) is 9.08. The van der Waals surface area contributed by atoms with Gasteiger partial charge in [0.2, 0.25) is 0 Å². The van der Waals surface area contributed by atoms with E-state index >= 15 is 0 Å². The van der Waals surface area contributed by atoms with Crippen molar-refractivity contribution in [3.63, 3.8) is 0 Å². The summed E-state index contributed by atoms with van der Waals surface area (Å²) in [6, 6.07) is 0. The van der Waals surface area contributed by atoms with Gasteiger partial charge in [0, 0.05) is 19.3 Å². The van der Waals surface area contributed by atoms with Crippen molar-refractivity contribution in [3.8, 4) is 0 Å². The lowest BCUT2D eigenvalue weighted by Crippen LogP contribution is -2.48. The first-order chi connectivity index (χ1) is 8.95. The van der Waals surface area contributed by atoms with Crippen LogP contribution in [0.1, 0.15) is 44.9 Å². The molecule has 6 heteroatoms. The second-order valence-corrected chi connectivity index (χ2v) is 8.29. The van der Waals surface area contributed by atoms with Crippen LogP contribution < -0.4 is 5.73 Å². The molecule has 0 aromatic carbocycles. The van der Waals surface area contributed by atoms with Crippen LogP contribution in [0.4, 0.5) is 0 Å². The molecule has 2 N–H and O–H groups in total. The van der Waals surface area contributed by atoms with Crippen LogP contribution in [0, 0.1) is 0 Å². The van der Waals surface area contributed by atoms with E-state index in [2.05, 4.69) is 9.89 Å². The maximum atomic E-state index is 11.9. The fraction of sp³-hybridized carbons (Fsp3) is 0.923. The van der Waals surface area contributed by atoms with E-state index in [0.717, 1.165) is 45.2 Å². The number of hydrogen-bond donors (Lipinski definition) is 1. The van der Waals surface area contributed by atoms with Gasteiger partial charge in [-0.3, -0.25) is 4.99 Å². The van der Waals surface area contributed by atoms with Gasteiger partial charge < -0.3 is 10.6 Å². The molecule has 0 unspecified atom stereocenters. The fourth-order valence-electron chi connectivity index (χ4n) is 2.84. The van der Waals surface area contributed by atoms with E-state index < -0.39 is 14.6 Å². The number of nitrogens with two attached hydrogens (primary N) is 1. The third-order valence-corrected chi connectivity index (χ3v) is 6.62. The van der Waals surface area contributed by atoms with Crippen LogP contribution in [-0.4, -0.2) is 49.9 Å². The Morgan fingerprint density at radius 3 is 2.16 bits per heavy atom. The first kappa shape index (κ1) is 14.6. The second-order valence-electron chi connectivity index (χ2n) is 5.88. The molecule has 5 nitrogen and oxygen atoms in total. The zero-order valence-electron chi connectivity index (χ0n) is 11.8. The summed E-state index contributed by atoms with van der Waals surface area (Å²) in [6.07, 6.45) is 8.54. The van der Waals surface area contributed by atoms with Gasteiger partial charge in [-0.15, -0.1) is 0 Å². The van der Waals surface area contributed by atoms with Gasteiger partial charge in [-0.05, 0) is 25.7 Å². The van der Waals surface area contributed by atoms with E-state index in [-0.39, 0.29) is 0 Å². The summed E-state index contributed by atoms with van der Waals surface area (Å²) in [5, 5.41) is 0. The number of guanidine groups is 1. The summed E-state index contributed by atoms with van der Waals surface area (Å²) in [5.74, 6) is 0.525. The lowest BCUT2D eigenvalue weighted by molar-refractivity contribution is 0.343. The predicted octanol–water partition coefficient (Wildman–Crippen LogP) is 1.14. The molecule has 2 aliphatic rings. The number of aliphatic imine (C=N–C) groups is 1. The highest BCUT2D eigenvalue weighted by molar-refractivity contribution is 7.92. The molecule has 2 rings (SSSR count). The van der Waals surface area contributed by atoms with Crippen LogP contribution in [0.2, 0.25) is 0 Å². The Hall–Kier alpha value is -0.780. The van der Waals surface area contributed by atoms with Crippen molar-refractivity contribution in [1.29, 1.82) is 0 Å². The fourth-order valence-corrected chi connectivity index (χ4v) is 4.17. The van der Waals surface area contributed by atoms with Crippen molar-refractivity contribution in [1.82, 2.24) is 4.90 Å². The first-order valence-electron chi connectivity index (χ1n) is 7.19. The Balaban J connectivity index is 2.00. The maximum absolute atomic E-state index is 11.9. The summed E-state index contributed by atoms with van der Waals surface area (Å²) >= 11 is 0. The third-order valence-electron chi connectivity index (χ3n) is 4.51. The maximum Gasteiger partial charge on any atom is 0.191 e. The average Bonchev–Trinajstić information content (AvgIpc) is 2.53. The van der Waals surface area contributed by atoms with Gasteiger partial charge in [0.15, 0.2) is 15.8 Å². The van der Waals surface area contributed by atoms with Crippen molar-refractivity contribution in [2.45, 2.75) is 49.7 Å². The molecule has 1 aliphatic heterocycles. The van der Waals surface area contributed by atoms with Crippen LogP contribution in [0.5, 0.6) is 0 Å². The van der Waals surface area contributed by atoms with Crippen LogP contribution in [-0.2, 0) is 9.84 Å². The Kier molecular flexibility index (Phi) is 4.38. The number of sulfone groups is 1. The molecule has 0 aromatic rings. The molecule has 19 heavy (non-hydrogen) atoms. The molecular formula is C13H25N3O2S. The largest absolute Gasteiger partial charge is 0.370 e. The molecule has 1 saturated heterocycles. The molecule has 0 radical (unpaired) electrons. The van der Waals surface area contributed by atoms with Crippen molar-refractivity contribution in [3.05, 3.63) is 0 Å².